The van der Waals surface area contributed by atoms with Crippen LogP contribution in [-0.4, -0.2) is 38.8 Å². The highest BCUT2D eigenvalue weighted by Gasteiger charge is 2.13. The largest absolute Gasteiger partial charge is 1.00 e. The Morgan fingerprint density at radius 1 is 1.50 bits per heavy atom. The van der Waals surface area contributed by atoms with Gasteiger partial charge in [0.15, 0.2) is 0 Å². The van der Waals surface area contributed by atoms with E-state index in [0.29, 0.717) is 0 Å². The summed E-state index contributed by atoms with van der Waals surface area (Å²) in [6, 6.07) is 0. The van der Waals surface area contributed by atoms with Gasteiger partial charge in [-0.05, 0) is 7.05 Å². The van der Waals surface area contributed by atoms with E-state index in [1.165, 1.54) is 19.8 Å². The number of nitrogens with one attached hydrogen (secondary N) is 1. The number of halogens is 1. The van der Waals surface area contributed by atoms with Gasteiger partial charge in [0, 0.05) is 0 Å². The van der Waals surface area contributed by atoms with E-state index in [2.05, 4.69) is 19.0 Å². The Morgan fingerprint density at radius 2 is 2.12 bits per heavy atom. The smallest absolute Gasteiger partial charge is 0.133 e. The molecule has 0 aromatic heterocycles. The number of hydrogen-bond donors (Lipinski definition) is 1. The zero-order valence-corrected chi connectivity index (χ0v) is 7.60. The molecule has 0 amide bonds. The molecule has 1 atom stereocenters. The lowest BCUT2D eigenvalue weighted by molar-refractivity contribution is -0.870. The van der Waals surface area contributed by atoms with Crippen LogP contribution in [0, 0.1) is 0 Å². The van der Waals surface area contributed by atoms with E-state index >= 15 is 0 Å². The Hall–Kier alpha value is 0.650. The average Bonchev–Trinajstić information content (AvgIpc) is 1.87. The van der Waals surface area contributed by atoms with Gasteiger partial charge in [-0.15, -0.1) is 0 Å². The van der Waals surface area contributed by atoms with E-state index in [-0.39, 0.29) is 24.0 Å². The predicted molar refractivity (Wildman–Crippen MR) is 29.3 cm³/mol. The minimum Gasteiger partial charge on any atom is -1.00 e. The van der Waals surface area contributed by atoms with Crippen LogP contribution in [0.3, 0.4) is 0 Å². The van der Waals surface area contributed by atoms with E-state index in [9.17, 15) is 0 Å². The van der Waals surface area contributed by atoms with Crippen LogP contribution in [-0.2, 0) is 0 Å². The third-order valence-corrected chi connectivity index (χ3v) is 1.46. The first kappa shape index (κ1) is 8.65. The molecule has 8 heavy (non-hydrogen) atoms. The van der Waals surface area contributed by atoms with Crippen LogP contribution in [0.2, 0.25) is 0 Å². The maximum Gasteiger partial charge on any atom is 0.133 e. The summed E-state index contributed by atoms with van der Waals surface area (Å²) in [4.78, 5) is 3.97. The van der Waals surface area contributed by atoms with Crippen LogP contribution in [0.4, 0.5) is 0 Å². The SMILES string of the molecule is CN1CC[NH+](C)C1.[I-]. The molecule has 1 fully saturated rings. The van der Waals surface area contributed by atoms with E-state index in [0.717, 1.165) is 0 Å². The molecule has 0 aromatic rings. The molecule has 1 heterocycles. The summed E-state index contributed by atoms with van der Waals surface area (Å²) in [6.45, 7) is 3.81. The van der Waals surface area contributed by atoms with Crippen molar-refractivity contribution < 1.29 is 28.9 Å². The monoisotopic (exact) mass is 228 g/mol. The normalized spacial score (nSPS) is 30.0. The van der Waals surface area contributed by atoms with Crippen molar-refractivity contribution in [1.29, 1.82) is 0 Å². The van der Waals surface area contributed by atoms with Crippen LogP contribution < -0.4 is 28.9 Å². The number of hydrogen-bond acceptors (Lipinski definition) is 1. The molecular weight excluding hydrogens is 215 g/mol. The van der Waals surface area contributed by atoms with Gasteiger partial charge in [-0.2, -0.15) is 0 Å². The fourth-order valence-electron chi connectivity index (χ4n) is 1.00. The van der Waals surface area contributed by atoms with Gasteiger partial charge in [0.25, 0.3) is 0 Å². The van der Waals surface area contributed by atoms with Gasteiger partial charge in [-0.3, -0.25) is 4.90 Å². The molecule has 0 aliphatic carbocycles. The number of rotatable bonds is 0. The minimum absolute atomic E-state index is 0. The van der Waals surface area contributed by atoms with Crippen molar-refractivity contribution >= 4 is 0 Å². The van der Waals surface area contributed by atoms with Crippen LogP contribution in [0.15, 0.2) is 0 Å². The summed E-state index contributed by atoms with van der Waals surface area (Å²) < 4.78 is 0. The van der Waals surface area contributed by atoms with Crippen molar-refractivity contribution in [2.75, 3.05) is 33.9 Å². The number of quaternary nitrogens is 1. The third kappa shape index (κ3) is 2.28. The van der Waals surface area contributed by atoms with Crippen molar-refractivity contribution in [3.8, 4) is 0 Å². The minimum atomic E-state index is 0. The summed E-state index contributed by atoms with van der Waals surface area (Å²) in [5, 5.41) is 0. The Kier molecular flexibility index (Phi) is 3.93. The van der Waals surface area contributed by atoms with Gasteiger partial charge in [0.05, 0.1) is 20.1 Å². The summed E-state index contributed by atoms with van der Waals surface area (Å²) in [6.07, 6.45) is 0. The molecule has 3 heteroatoms. The maximum absolute atomic E-state index is 2.34. The summed E-state index contributed by atoms with van der Waals surface area (Å²) in [7, 11) is 4.39. The van der Waals surface area contributed by atoms with E-state index in [1.54, 1.807) is 4.90 Å². The van der Waals surface area contributed by atoms with Crippen molar-refractivity contribution in [3.05, 3.63) is 0 Å². The zero-order chi connectivity index (χ0) is 5.28. The Bertz CT molecular complexity index is 59.4. The Balaban J connectivity index is 0.000000490. The van der Waals surface area contributed by atoms with Gasteiger partial charge in [-0.25, -0.2) is 0 Å². The third-order valence-electron chi connectivity index (χ3n) is 1.46. The fraction of sp³-hybridized carbons (Fsp3) is 1.00. The second-order valence-electron chi connectivity index (χ2n) is 2.44. The van der Waals surface area contributed by atoms with Crippen LogP contribution >= 0.6 is 0 Å². The molecule has 1 aliphatic rings. The van der Waals surface area contributed by atoms with E-state index in [1.807, 2.05) is 0 Å². The molecule has 1 saturated heterocycles. The zero-order valence-electron chi connectivity index (χ0n) is 5.45. The topological polar surface area (TPSA) is 7.68 Å². The highest BCUT2D eigenvalue weighted by molar-refractivity contribution is 4.45. The first-order valence-electron chi connectivity index (χ1n) is 2.79. The number of likely N-dealkylation sites (N-methyl/N-ethyl adjacent to an activating group) is 2. The second-order valence-corrected chi connectivity index (χ2v) is 2.44. The van der Waals surface area contributed by atoms with Crippen molar-refractivity contribution in [2.24, 2.45) is 0 Å². The molecule has 1 unspecified atom stereocenters. The molecule has 1 N–H and O–H groups in total. The predicted octanol–water partition coefficient (Wildman–Crippen LogP) is -4.59. The Labute approximate surface area is 67.9 Å². The van der Waals surface area contributed by atoms with Crippen LogP contribution in [0.5, 0.6) is 0 Å². The lowest BCUT2D eigenvalue weighted by Gasteiger charge is -2.03. The lowest BCUT2D eigenvalue weighted by Crippen LogP contribution is -3.07. The molecule has 2 nitrogen and oxygen atoms in total. The molecule has 0 spiro atoms. The van der Waals surface area contributed by atoms with Gasteiger partial charge in [0.1, 0.15) is 6.67 Å². The molecular formula is C5H13IN2. The van der Waals surface area contributed by atoms with Crippen molar-refractivity contribution in [3.63, 3.8) is 0 Å². The number of nitrogens with zero attached hydrogens (tertiary/aromatic N) is 1. The molecule has 0 bridgehead atoms. The van der Waals surface area contributed by atoms with Crippen LogP contribution in [0.25, 0.3) is 0 Å². The first-order chi connectivity index (χ1) is 3.29. The van der Waals surface area contributed by atoms with Gasteiger partial charge >= 0.3 is 0 Å². The quantitative estimate of drug-likeness (QED) is 0.410. The highest BCUT2D eigenvalue weighted by Crippen LogP contribution is 1.76. The average molecular weight is 228 g/mol. The second kappa shape index (κ2) is 3.63. The van der Waals surface area contributed by atoms with Gasteiger partial charge in [-0.1, -0.05) is 0 Å². The van der Waals surface area contributed by atoms with Crippen molar-refractivity contribution in [1.82, 2.24) is 4.90 Å². The van der Waals surface area contributed by atoms with Gasteiger partial charge < -0.3 is 28.9 Å². The van der Waals surface area contributed by atoms with Crippen molar-refractivity contribution in [2.45, 2.75) is 0 Å². The molecule has 1 rings (SSSR count). The summed E-state index contributed by atoms with van der Waals surface area (Å²) >= 11 is 0. The lowest BCUT2D eigenvalue weighted by atomic mass is 10.6. The Morgan fingerprint density at radius 3 is 2.25 bits per heavy atom. The summed E-state index contributed by atoms with van der Waals surface area (Å²) in [5.41, 5.74) is 0. The molecule has 1 aliphatic heterocycles. The van der Waals surface area contributed by atoms with E-state index < -0.39 is 0 Å². The standard InChI is InChI=1S/C5H12N2.HI/c1-6-3-4-7(2)5-6;/h3-5H2,1-2H3;1H. The molecule has 0 aromatic carbocycles. The molecule has 50 valence electrons. The van der Waals surface area contributed by atoms with E-state index in [4.69, 9.17) is 0 Å². The highest BCUT2D eigenvalue weighted by atomic mass is 127. The fourth-order valence-corrected chi connectivity index (χ4v) is 1.00. The summed E-state index contributed by atoms with van der Waals surface area (Å²) in [5.74, 6) is 0. The molecule has 0 radical (unpaired) electrons. The van der Waals surface area contributed by atoms with Gasteiger partial charge in [0.2, 0.25) is 0 Å². The van der Waals surface area contributed by atoms with Crippen LogP contribution in [0.1, 0.15) is 0 Å². The maximum atomic E-state index is 2.34. The molecule has 0 saturated carbocycles. The first-order valence-corrected chi connectivity index (χ1v) is 2.79.